The Labute approximate surface area is 149 Å². The molecule has 0 saturated heterocycles. The van der Waals surface area contributed by atoms with E-state index in [0.29, 0.717) is 13.0 Å². The molecule has 1 heterocycles. The Bertz CT molecular complexity index is 608. The normalized spacial score (nSPS) is 32.4. The molecule has 25 heavy (non-hydrogen) atoms. The van der Waals surface area contributed by atoms with E-state index in [1.807, 2.05) is 18.2 Å². The van der Waals surface area contributed by atoms with Crippen LogP contribution in [0.5, 0.6) is 0 Å². The third-order valence-corrected chi connectivity index (χ3v) is 6.34. The van der Waals surface area contributed by atoms with Gasteiger partial charge in [-0.3, -0.25) is 14.6 Å². The highest BCUT2D eigenvalue weighted by atomic mass is 16.2. The maximum absolute atomic E-state index is 12.4. The first-order chi connectivity index (χ1) is 12.1. The number of amides is 2. The lowest BCUT2D eigenvalue weighted by molar-refractivity contribution is -0.131. The summed E-state index contributed by atoms with van der Waals surface area (Å²) in [6.45, 7) is 0.447. The summed E-state index contributed by atoms with van der Waals surface area (Å²) in [4.78, 5) is 28.5. The van der Waals surface area contributed by atoms with Crippen molar-refractivity contribution in [2.75, 3.05) is 6.54 Å². The summed E-state index contributed by atoms with van der Waals surface area (Å²) in [6.07, 6.45) is 10.1. The highest BCUT2D eigenvalue weighted by Crippen LogP contribution is 2.61. The van der Waals surface area contributed by atoms with Crippen molar-refractivity contribution >= 4 is 11.8 Å². The van der Waals surface area contributed by atoms with Crippen LogP contribution in [0.3, 0.4) is 0 Å². The quantitative estimate of drug-likeness (QED) is 0.835. The molecule has 4 saturated carbocycles. The first-order valence-electron chi connectivity index (χ1n) is 9.53. The lowest BCUT2D eigenvalue weighted by Gasteiger charge is -2.56. The number of carbonyl (C=O) groups excluding carboxylic acids is 2. The van der Waals surface area contributed by atoms with E-state index in [9.17, 15) is 9.59 Å². The van der Waals surface area contributed by atoms with Crippen molar-refractivity contribution in [3.05, 3.63) is 30.1 Å². The summed E-state index contributed by atoms with van der Waals surface area (Å²) in [5.74, 6) is 2.42. The molecule has 2 amide bonds. The molecular formula is C20H27N3O2. The smallest absolute Gasteiger partial charge is 0.239 e. The second-order valence-corrected chi connectivity index (χ2v) is 8.47. The molecule has 0 aliphatic heterocycles. The van der Waals surface area contributed by atoms with Gasteiger partial charge in [-0.2, -0.15) is 0 Å². The summed E-state index contributed by atoms with van der Waals surface area (Å²) >= 11 is 0. The van der Waals surface area contributed by atoms with Gasteiger partial charge in [-0.15, -0.1) is 0 Å². The van der Waals surface area contributed by atoms with Crippen LogP contribution in [-0.2, 0) is 16.1 Å². The van der Waals surface area contributed by atoms with Gasteiger partial charge < -0.3 is 10.6 Å². The van der Waals surface area contributed by atoms with E-state index in [1.54, 1.807) is 6.20 Å². The standard InChI is InChI=1S/C20H27N3O2/c24-18(23-13-19(25)22-12-17-3-1-2-4-21-17)11-20-8-14-5-15(9-20)7-16(6-14)10-20/h1-4,14-16H,5-13H2,(H,22,25)(H,23,24). The second-order valence-electron chi connectivity index (χ2n) is 8.47. The molecule has 4 bridgehead atoms. The zero-order valence-corrected chi connectivity index (χ0v) is 14.7. The number of nitrogens with one attached hydrogen (secondary N) is 2. The molecule has 2 N–H and O–H groups in total. The van der Waals surface area contributed by atoms with Gasteiger partial charge in [-0.1, -0.05) is 6.07 Å². The predicted molar refractivity (Wildman–Crippen MR) is 94.3 cm³/mol. The van der Waals surface area contributed by atoms with Gasteiger partial charge in [0.25, 0.3) is 0 Å². The van der Waals surface area contributed by atoms with Crippen LogP contribution < -0.4 is 10.6 Å². The van der Waals surface area contributed by atoms with Gasteiger partial charge in [0.15, 0.2) is 0 Å². The molecule has 0 aromatic carbocycles. The fourth-order valence-electron chi connectivity index (χ4n) is 5.84. The van der Waals surface area contributed by atoms with Gasteiger partial charge in [-0.25, -0.2) is 0 Å². The predicted octanol–water partition coefficient (Wildman–Crippen LogP) is 2.42. The molecule has 5 rings (SSSR count). The SMILES string of the molecule is O=C(CNC(=O)CC12CC3CC(CC(C3)C1)C2)NCc1ccccn1. The fourth-order valence-corrected chi connectivity index (χ4v) is 5.84. The molecule has 1 aromatic rings. The Morgan fingerprint density at radius 3 is 2.28 bits per heavy atom. The number of rotatable bonds is 6. The molecule has 1 aromatic heterocycles. The number of hydrogen-bond donors (Lipinski definition) is 2. The average Bonchev–Trinajstić information content (AvgIpc) is 2.57. The van der Waals surface area contributed by atoms with Gasteiger partial charge in [0.2, 0.25) is 11.8 Å². The van der Waals surface area contributed by atoms with Crippen LogP contribution in [0.1, 0.15) is 50.6 Å². The van der Waals surface area contributed by atoms with Gasteiger partial charge in [0.1, 0.15) is 0 Å². The van der Waals surface area contributed by atoms with Crippen LogP contribution >= 0.6 is 0 Å². The highest BCUT2D eigenvalue weighted by Gasteiger charge is 2.51. The summed E-state index contributed by atoms with van der Waals surface area (Å²) in [5, 5.41) is 5.62. The van der Waals surface area contributed by atoms with Crippen LogP contribution in [0.2, 0.25) is 0 Å². The van der Waals surface area contributed by atoms with E-state index in [-0.39, 0.29) is 23.8 Å². The average molecular weight is 341 g/mol. The van der Waals surface area contributed by atoms with Gasteiger partial charge in [0, 0.05) is 12.6 Å². The van der Waals surface area contributed by atoms with Crippen molar-refractivity contribution < 1.29 is 9.59 Å². The van der Waals surface area contributed by atoms with Crippen LogP contribution in [0.25, 0.3) is 0 Å². The molecule has 0 radical (unpaired) electrons. The van der Waals surface area contributed by atoms with E-state index < -0.39 is 0 Å². The van der Waals surface area contributed by atoms with Crippen molar-refractivity contribution in [2.45, 2.75) is 51.5 Å². The van der Waals surface area contributed by atoms with Crippen molar-refractivity contribution in [2.24, 2.45) is 23.2 Å². The molecule has 5 nitrogen and oxygen atoms in total. The molecule has 4 aliphatic carbocycles. The van der Waals surface area contributed by atoms with Gasteiger partial charge in [0.05, 0.1) is 18.8 Å². The molecular weight excluding hydrogens is 314 g/mol. The monoisotopic (exact) mass is 341 g/mol. The summed E-state index contributed by atoms with van der Waals surface area (Å²) in [5.41, 5.74) is 1.04. The molecule has 5 heteroatoms. The van der Waals surface area contributed by atoms with E-state index in [1.165, 1.54) is 38.5 Å². The number of hydrogen-bond acceptors (Lipinski definition) is 3. The maximum Gasteiger partial charge on any atom is 0.239 e. The van der Waals surface area contributed by atoms with Crippen molar-refractivity contribution in [1.29, 1.82) is 0 Å². The fraction of sp³-hybridized carbons (Fsp3) is 0.650. The Hall–Kier alpha value is -1.91. The number of carbonyl (C=O) groups is 2. The van der Waals surface area contributed by atoms with E-state index in [4.69, 9.17) is 0 Å². The molecule has 0 atom stereocenters. The lowest BCUT2D eigenvalue weighted by Crippen LogP contribution is -2.48. The minimum absolute atomic E-state index is 0.0370. The van der Waals surface area contributed by atoms with Crippen LogP contribution in [-0.4, -0.2) is 23.3 Å². The summed E-state index contributed by atoms with van der Waals surface area (Å²) < 4.78 is 0. The first kappa shape index (κ1) is 16.6. The largest absolute Gasteiger partial charge is 0.349 e. The highest BCUT2D eigenvalue weighted by molar-refractivity contribution is 5.84. The van der Waals surface area contributed by atoms with Crippen molar-refractivity contribution in [3.63, 3.8) is 0 Å². The number of nitrogens with zero attached hydrogens (tertiary/aromatic N) is 1. The summed E-state index contributed by atoms with van der Waals surface area (Å²) in [6, 6.07) is 5.60. The van der Waals surface area contributed by atoms with Crippen LogP contribution in [0.4, 0.5) is 0 Å². The number of pyridine rings is 1. The Kier molecular flexibility index (Phi) is 4.48. The zero-order chi connectivity index (χ0) is 17.3. The van der Waals surface area contributed by atoms with Crippen LogP contribution in [0, 0.1) is 23.2 Å². The first-order valence-corrected chi connectivity index (χ1v) is 9.53. The summed E-state index contributed by atoms with van der Waals surface area (Å²) in [7, 11) is 0. The second kappa shape index (κ2) is 6.77. The Morgan fingerprint density at radius 1 is 1.00 bits per heavy atom. The topological polar surface area (TPSA) is 71.1 Å². The third kappa shape index (κ3) is 3.86. The minimum Gasteiger partial charge on any atom is -0.349 e. The molecule has 0 unspecified atom stereocenters. The van der Waals surface area contributed by atoms with E-state index in [0.717, 1.165) is 23.4 Å². The van der Waals surface area contributed by atoms with Crippen molar-refractivity contribution in [3.8, 4) is 0 Å². The van der Waals surface area contributed by atoms with Gasteiger partial charge >= 0.3 is 0 Å². The molecule has 0 spiro atoms. The molecule has 4 fully saturated rings. The van der Waals surface area contributed by atoms with Gasteiger partial charge in [-0.05, 0) is 73.8 Å². The lowest BCUT2D eigenvalue weighted by atomic mass is 9.49. The molecule has 134 valence electrons. The Balaban J connectivity index is 1.22. The van der Waals surface area contributed by atoms with E-state index >= 15 is 0 Å². The Morgan fingerprint density at radius 2 is 1.68 bits per heavy atom. The van der Waals surface area contributed by atoms with Crippen LogP contribution in [0.15, 0.2) is 24.4 Å². The third-order valence-electron chi connectivity index (χ3n) is 6.34. The minimum atomic E-state index is -0.162. The molecule has 4 aliphatic rings. The van der Waals surface area contributed by atoms with E-state index in [2.05, 4.69) is 15.6 Å². The maximum atomic E-state index is 12.4. The number of aromatic nitrogens is 1. The van der Waals surface area contributed by atoms with Crippen molar-refractivity contribution in [1.82, 2.24) is 15.6 Å². The zero-order valence-electron chi connectivity index (χ0n) is 14.7.